The number of aryl methyl sites for hydroxylation is 1. The fraction of sp³-hybridized carbons (Fsp3) is 0.125. The van der Waals surface area contributed by atoms with E-state index in [1.54, 1.807) is 48.5 Å². The van der Waals surface area contributed by atoms with Crippen molar-refractivity contribution in [3.05, 3.63) is 82.8 Å². The minimum absolute atomic E-state index is 0.174. The van der Waals surface area contributed by atoms with Gasteiger partial charge in [0.15, 0.2) is 5.76 Å². The van der Waals surface area contributed by atoms with Crippen molar-refractivity contribution < 1.29 is 23.5 Å². The molecular weight excluding hydrogens is 418 g/mol. The lowest BCUT2D eigenvalue weighted by Gasteiger charge is -2.10. The highest BCUT2D eigenvalue weighted by Crippen LogP contribution is 2.34. The normalized spacial score (nSPS) is 10.8. The second-order valence-electron chi connectivity index (χ2n) is 6.92. The first-order valence-electron chi connectivity index (χ1n) is 9.54. The quantitative estimate of drug-likeness (QED) is 0.391. The third-order valence-electron chi connectivity index (χ3n) is 4.83. The number of aliphatic hydroxyl groups excluding tert-OH is 1. The zero-order valence-corrected chi connectivity index (χ0v) is 17.7. The number of carbonyl (C=O) groups is 1. The smallest absolute Gasteiger partial charge is 0.291 e. The van der Waals surface area contributed by atoms with Gasteiger partial charge in [0.05, 0.1) is 12.7 Å². The van der Waals surface area contributed by atoms with Crippen molar-refractivity contribution >= 4 is 23.2 Å². The van der Waals surface area contributed by atoms with Gasteiger partial charge in [-0.25, -0.2) is 0 Å². The Bertz CT molecular complexity index is 1240. The maximum absolute atomic E-state index is 12.7. The lowest BCUT2D eigenvalue weighted by Crippen LogP contribution is -2.10. The lowest BCUT2D eigenvalue weighted by molar-refractivity contribution is 0.0997. The standard InChI is InChI=1S/C24H20ClNO5/c1-14-3-4-15(11-19(14)25)20-9-10-22(31-20)24(28)26-16-5-7-18(23(12-16)29-2)21-8-6-17(13-27)30-21/h3-12,27H,13H2,1-2H3,(H,26,28). The zero-order valence-electron chi connectivity index (χ0n) is 16.9. The van der Waals surface area contributed by atoms with Crippen LogP contribution in [0.4, 0.5) is 5.69 Å². The molecule has 2 heterocycles. The van der Waals surface area contributed by atoms with E-state index >= 15 is 0 Å². The Morgan fingerprint density at radius 2 is 1.84 bits per heavy atom. The highest BCUT2D eigenvalue weighted by atomic mass is 35.5. The second kappa shape index (κ2) is 8.71. The van der Waals surface area contributed by atoms with E-state index in [1.165, 1.54) is 7.11 Å². The minimum atomic E-state index is -0.389. The van der Waals surface area contributed by atoms with Crippen molar-refractivity contribution in [1.29, 1.82) is 0 Å². The third-order valence-corrected chi connectivity index (χ3v) is 5.24. The Morgan fingerprint density at radius 3 is 2.55 bits per heavy atom. The van der Waals surface area contributed by atoms with Crippen LogP contribution in [0.15, 0.2) is 69.5 Å². The van der Waals surface area contributed by atoms with Gasteiger partial charge < -0.3 is 24.0 Å². The number of amides is 1. The molecule has 6 nitrogen and oxygen atoms in total. The molecule has 0 unspecified atom stereocenters. The number of anilines is 1. The molecule has 0 aliphatic carbocycles. The summed E-state index contributed by atoms with van der Waals surface area (Å²) in [5, 5.41) is 12.6. The largest absolute Gasteiger partial charge is 0.496 e. The predicted octanol–water partition coefficient (Wildman–Crippen LogP) is 5.92. The molecule has 0 spiro atoms. The number of rotatable bonds is 6. The van der Waals surface area contributed by atoms with Crippen LogP contribution in [0.2, 0.25) is 5.02 Å². The number of carbonyl (C=O) groups excluding carboxylic acids is 1. The van der Waals surface area contributed by atoms with Crippen molar-refractivity contribution in [3.63, 3.8) is 0 Å². The molecular formula is C24H20ClNO5. The highest BCUT2D eigenvalue weighted by Gasteiger charge is 2.16. The minimum Gasteiger partial charge on any atom is -0.496 e. The maximum atomic E-state index is 12.7. The van der Waals surface area contributed by atoms with Gasteiger partial charge in [0.25, 0.3) is 5.91 Å². The van der Waals surface area contributed by atoms with Crippen LogP contribution in [0, 0.1) is 6.92 Å². The molecule has 2 aromatic heterocycles. The van der Waals surface area contributed by atoms with E-state index in [1.807, 2.05) is 19.1 Å². The number of benzene rings is 2. The molecule has 0 saturated carbocycles. The fourth-order valence-electron chi connectivity index (χ4n) is 3.13. The van der Waals surface area contributed by atoms with Crippen LogP contribution in [0.3, 0.4) is 0 Å². The first-order chi connectivity index (χ1) is 15.0. The van der Waals surface area contributed by atoms with Crippen LogP contribution in [0.5, 0.6) is 5.75 Å². The number of furan rings is 2. The van der Waals surface area contributed by atoms with Gasteiger partial charge in [0.2, 0.25) is 0 Å². The van der Waals surface area contributed by atoms with Gasteiger partial charge in [-0.2, -0.15) is 0 Å². The molecule has 1 amide bonds. The molecule has 4 aromatic rings. The number of halogens is 1. The fourth-order valence-corrected chi connectivity index (χ4v) is 3.31. The molecule has 2 aromatic carbocycles. The predicted molar refractivity (Wildman–Crippen MR) is 118 cm³/mol. The Labute approximate surface area is 184 Å². The summed E-state index contributed by atoms with van der Waals surface area (Å²) in [6, 6.07) is 17.6. The van der Waals surface area contributed by atoms with Gasteiger partial charge in [-0.3, -0.25) is 4.79 Å². The van der Waals surface area contributed by atoms with E-state index in [9.17, 15) is 9.90 Å². The summed E-state index contributed by atoms with van der Waals surface area (Å²) in [6.45, 7) is 1.74. The summed E-state index contributed by atoms with van der Waals surface area (Å²) in [4.78, 5) is 12.7. The van der Waals surface area contributed by atoms with Gasteiger partial charge >= 0.3 is 0 Å². The first-order valence-corrected chi connectivity index (χ1v) is 9.92. The second-order valence-corrected chi connectivity index (χ2v) is 7.33. The summed E-state index contributed by atoms with van der Waals surface area (Å²) in [7, 11) is 1.53. The van der Waals surface area contributed by atoms with E-state index in [0.29, 0.717) is 39.3 Å². The summed E-state index contributed by atoms with van der Waals surface area (Å²) < 4.78 is 16.7. The average Bonchev–Trinajstić information content (AvgIpc) is 3.45. The number of methoxy groups -OCH3 is 1. The van der Waals surface area contributed by atoms with Crippen LogP contribution in [0.25, 0.3) is 22.6 Å². The Kier molecular flexibility index (Phi) is 5.84. The number of ether oxygens (including phenoxy) is 1. The van der Waals surface area contributed by atoms with E-state index in [2.05, 4.69) is 5.32 Å². The van der Waals surface area contributed by atoms with Crippen molar-refractivity contribution in [3.8, 4) is 28.4 Å². The Balaban J connectivity index is 1.53. The van der Waals surface area contributed by atoms with Crippen LogP contribution < -0.4 is 10.1 Å². The molecule has 0 radical (unpaired) electrons. The lowest BCUT2D eigenvalue weighted by atomic mass is 10.1. The molecule has 0 aliphatic heterocycles. The maximum Gasteiger partial charge on any atom is 0.291 e. The molecule has 2 N–H and O–H groups in total. The van der Waals surface area contributed by atoms with E-state index in [4.69, 9.17) is 25.2 Å². The molecule has 0 aliphatic rings. The van der Waals surface area contributed by atoms with Gasteiger partial charge in [-0.1, -0.05) is 23.7 Å². The molecule has 4 rings (SSSR count). The van der Waals surface area contributed by atoms with Gasteiger partial charge in [0.1, 0.15) is 29.6 Å². The molecule has 0 bridgehead atoms. The van der Waals surface area contributed by atoms with E-state index in [0.717, 1.165) is 11.1 Å². The summed E-state index contributed by atoms with van der Waals surface area (Å²) in [5.74, 6) is 1.88. The zero-order chi connectivity index (χ0) is 22.0. The van der Waals surface area contributed by atoms with Crippen molar-refractivity contribution in [2.45, 2.75) is 13.5 Å². The van der Waals surface area contributed by atoms with E-state index in [-0.39, 0.29) is 18.3 Å². The first kappa shape index (κ1) is 20.8. The molecule has 0 fully saturated rings. The van der Waals surface area contributed by atoms with Gasteiger partial charge in [-0.15, -0.1) is 0 Å². The summed E-state index contributed by atoms with van der Waals surface area (Å²) >= 11 is 6.18. The highest BCUT2D eigenvalue weighted by molar-refractivity contribution is 6.31. The molecule has 31 heavy (non-hydrogen) atoms. The van der Waals surface area contributed by atoms with Crippen molar-refractivity contribution in [2.75, 3.05) is 12.4 Å². The molecule has 7 heteroatoms. The summed E-state index contributed by atoms with van der Waals surface area (Å²) in [5.41, 5.74) is 3.00. The summed E-state index contributed by atoms with van der Waals surface area (Å²) in [6.07, 6.45) is 0. The van der Waals surface area contributed by atoms with Crippen LogP contribution in [-0.2, 0) is 6.61 Å². The van der Waals surface area contributed by atoms with Crippen LogP contribution >= 0.6 is 11.6 Å². The number of hydrogen-bond acceptors (Lipinski definition) is 5. The number of aliphatic hydroxyl groups is 1. The van der Waals surface area contributed by atoms with Crippen molar-refractivity contribution in [1.82, 2.24) is 0 Å². The number of hydrogen-bond donors (Lipinski definition) is 2. The molecule has 0 saturated heterocycles. The Hall–Kier alpha value is -3.48. The van der Waals surface area contributed by atoms with Gasteiger partial charge in [0, 0.05) is 22.3 Å². The third kappa shape index (κ3) is 4.35. The van der Waals surface area contributed by atoms with E-state index < -0.39 is 0 Å². The average molecular weight is 438 g/mol. The molecule has 158 valence electrons. The van der Waals surface area contributed by atoms with Crippen molar-refractivity contribution in [2.24, 2.45) is 0 Å². The topological polar surface area (TPSA) is 84.8 Å². The van der Waals surface area contributed by atoms with Crippen LogP contribution in [-0.4, -0.2) is 18.1 Å². The monoisotopic (exact) mass is 437 g/mol. The SMILES string of the molecule is COc1cc(NC(=O)c2ccc(-c3ccc(C)c(Cl)c3)o2)ccc1-c1ccc(CO)o1. The number of nitrogens with one attached hydrogen (secondary N) is 1. The molecule has 0 atom stereocenters. The van der Waals surface area contributed by atoms with Crippen LogP contribution in [0.1, 0.15) is 21.9 Å². The Morgan fingerprint density at radius 1 is 1.03 bits per heavy atom. The van der Waals surface area contributed by atoms with Gasteiger partial charge in [-0.05, 0) is 55.0 Å².